The van der Waals surface area contributed by atoms with Crippen LogP contribution in [0, 0.1) is 5.92 Å². The number of esters is 1. The first kappa shape index (κ1) is 18.5. The third-order valence-electron chi connectivity index (χ3n) is 4.45. The summed E-state index contributed by atoms with van der Waals surface area (Å²) < 4.78 is 5.29. The molecule has 2 heteroatoms. The van der Waals surface area contributed by atoms with Crippen LogP contribution in [-0.2, 0) is 9.53 Å². The number of carbonyl (C=O) groups is 1. The van der Waals surface area contributed by atoms with Crippen LogP contribution in [0.1, 0.15) is 103 Å². The Morgan fingerprint density at radius 3 is 2.19 bits per heavy atom. The van der Waals surface area contributed by atoms with E-state index in [1.165, 1.54) is 77.0 Å². The fourth-order valence-corrected chi connectivity index (χ4v) is 2.78. The molecule has 124 valence electrons. The zero-order chi connectivity index (χ0) is 15.2. The Balaban J connectivity index is 1.71. The largest absolute Gasteiger partial charge is 0.466 e. The first-order chi connectivity index (χ1) is 10.3. The Morgan fingerprint density at radius 1 is 0.857 bits per heavy atom. The molecule has 0 unspecified atom stereocenters. The molecule has 0 aliphatic heterocycles. The van der Waals surface area contributed by atoms with E-state index >= 15 is 0 Å². The summed E-state index contributed by atoms with van der Waals surface area (Å²) in [5.41, 5.74) is 0. The van der Waals surface area contributed by atoms with Crippen molar-refractivity contribution in [3.05, 3.63) is 0 Å². The van der Waals surface area contributed by atoms with Gasteiger partial charge < -0.3 is 4.74 Å². The average Bonchev–Trinajstić information content (AvgIpc) is 3.29. The van der Waals surface area contributed by atoms with Crippen LogP contribution in [0.5, 0.6) is 0 Å². The van der Waals surface area contributed by atoms with Gasteiger partial charge in [0.25, 0.3) is 0 Å². The predicted octanol–water partition coefficient (Wildman–Crippen LogP) is 6.03. The minimum absolute atomic E-state index is 0.0132. The van der Waals surface area contributed by atoms with Gasteiger partial charge in [0.15, 0.2) is 0 Å². The first-order valence-electron chi connectivity index (χ1n) is 9.48. The van der Waals surface area contributed by atoms with Crippen molar-refractivity contribution in [1.29, 1.82) is 0 Å². The second-order valence-electron chi connectivity index (χ2n) is 6.74. The summed E-state index contributed by atoms with van der Waals surface area (Å²) >= 11 is 0. The number of hydrogen-bond donors (Lipinski definition) is 0. The molecule has 0 heterocycles. The molecule has 0 saturated heterocycles. The summed E-state index contributed by atoms with van der Waals surface area (Å²) in [6, 6.07) is 0. The molecule has 0 spiro atoms. The molecule has 21 heavy (non-hydrogen) atoms. The standard InChI is InChI=1S/C19H36O2/c1-2-3-4-5-8-11-14-19(20)21-17-12-9-6-7-10-13-18-15-16-18/h18H,2-17H2,1H3. The Labute approximate surface area is 132 Å². The summed E-state index contributed by atoms with van der Waals surface area (Å²) in [7, 11) is 0. The summed E-state index contributed by atoms with van der Waals surface area (Å²) in [4.78, 5) is 11.5. The maximum Gasteiger partial charge on any atom is 0.305 e. The molecule has 1 saturated carbocycles. The highest BCUT2D eigenvalue weighted by Gasteiger charge is 2.19. The zero-order valence-corrected chi connectivity index (χ0v) is 14.2. The SMILES string of the molecule is CCCCCCCCC(=O)OCCCCCCCC1CC1. The maximum atomic E-state index is 11.5. The molecule has 0 aromatic heterocycles. The van der Waals surface area contributed by atoms with Crippen molar-refractivity contribution in [2.45, 2.75) is 103 Å². The molecule has 1 aliphatic rings. The quantitative estimate of drug-likeness (QED) is 0.272. The third-order valence-corrected chi connectivity index (χ3v) is 4.45. The molecule has 0 aromatic carbocycles. The van der Waals surface area contributed by atoms with Gasteiger partial charge in [-0.1, -0.05) is 84.0 Å². The van der Waals surface area contributed by atoms with Gasteiger partial charge in [-0.15, -0.1) is 0 Å². The minimum Gasteiger partial charge on any atom is -0.466 e. The summed E-state index contributed by atoms with van der Waals surface area (Å²) in [5, 5.41) is 0. The number of ether oxygens (including phenoxy) is 1. The fourth-order valence-electron chi connectivity index (χ4n) is 2.78. The van der Waals surface area contributed by atoms with Gasteiger partial charge in [0, 0.05) is 6.42 Å². The molecular formula is C19H36O2. The number of carbonyl (C=O) groups excluding carboxylic acids is 1. The molecule has 1 fully saturated rings. The van der Waals surface area contributed by atoms with E-state index in [2.05, 4.69) is 6.92 Å². The van der Waals surface area contributed by atoms with Gasteiger partial charge in [-0.05, 0) is 18.8 Å². The molecule has 0 aromatic rings. The first-order valence-corrected chi connectivity index (χ1v) is 9.48. The van der Waals surface area contributed by atoms with Crippen molar-refractivity contribution in [3.63, 3.8) is 0 Å². The molecule has 0 amide bonds. The van der Waals surface area contributed by atoms with Crippen molar-refractivity contribution >= 4 is 5.97 Å². The van der Waals surface area contributed by atoms with E-state index in [1.54, 1.807) is 0 Å². The molecule has 0 bridgehead atoms. The van der Waals surface area contributed by atoms with Crippen LogP contribution in [0.3, 0.4) is 0 Å². The van der Waals surface area contributed by atoms with Gasteiger partial charge in [0.2, 0.25) is 0 Å². The highest BCUT2D eigenvalue weighted by molar-refractivity contribution is 5.69. The summed E-state index contributed by atoms with van der Waals surface area (Å²) in [6.07, 6.45) is 18.7. The van der Waals surface area contributed by atoms with Crippen molar-refractivity contribution in [2.24, 2.45) is 5.92 Å². The van der Waals surface area contributed by atoms with E-state index in [0.29, 0.717) is 13.0 Å². The van der Waals surface area contributed by atoms with Crippen LogP contribution in [0.25, 0.3) is 0 Å². The second-order valence-corrected chi connectivity index (χ2v) is 6.74. The van der Waals surface area contributed by atoms with Crippen LogP contribution >= 0.6 is 0 Å². The third kappa shape index (κ3) is 12.9. The lowest BCUT2D eigenvalue weighted by molar-refractivity contribution is -0.143. The predicted molar refractivity (Wildman–Crippen MR) is 89.4 cm³/mol. The number of rotatable bonds is 15. The van der Waals surface area contributed by atoms with Gasteiger partial charge >= 0.3 is 5.97 Å². The van der Waals surface area contributed by atoms with Crippen molar-refractivity contribution in [3.8, 4) is 0 Å². The van der Waals surface area contributed by atoms with Crippen molar-refractivity contribution < 1.29 is 9.53 Å². The highest BCUT2D eigenvalue weighted by Crippen LogP contribution is 2.34. The van der Waals surface area contributed by atoms with Crippen LogP contribution in [0.4, 0.5) is 0 Å². The Kier molecular flexibility index (Phi) is 11.6. The van der Waals surface area contributed by atoms with E-state index in [1.807, 2.05) is 0 Å². The highest BCUT2D eigenvalue weighted by atomic mass is 16.5. The Hall–Kier alpha value is -0.530. The minimum atomic E-state index is 0.0132. The lowest BCUT2D eigenvalue weighted by Gasteiger charge is -2.05. The molecule has 0 radical (unpaired) electrons. The van der Waals surface area contributed by atoms with Crippen LogP contribution in [0.2, 0.25) is 0 Å². The van der Waals surface area contributed by atoms with Gasteiger partial charge in [0.1, 0.15) is 0 Å². The average molecular weight is 296 g/mol. The van der Waals surface area contributed by atoms with Gasteiger partial charge in [-0.3, -0.25) is 4.79 Å². The molecule has 0 atom stereocenters. The van der Waals surface area contributed by atoms with Crippen LogP contribution in [0.15, 0.2) is 0 Å². The van der Waals surface area contributed by atoms with E-state index in [9.17, 15) is 4.79 Å². The Morgan fingerprint density at radius 2 is 1.48 bits per heavy atom. The van der Waals surface area contributed by atoms with E-state index in [0.717, 1.165) is 18.8 Å². The van der Waals surface area contributed by atoms with Crippen molar-refractivity contribution in [1.82, 2.24) is 0 Å². The van der Waals surface area contributed by atoms with Crippen molar-refractivity contribution in [2.75, 3.05) is 6.61 Å². The fraction of sp³-hybridized carbons (Fsp3) is 0.947. The van der Waals surface area contributed by atoms with Gasteiger partial charge in [0.05, 0.1) is 6.61 Å². The van der Waals surface area contributed by atoms with Crippen LogP contribution in [-0.4, -0.2) is 12.6 Å². The molecular weight excluding hydrogens is 260 g/mol. The molecule has 1 rings (SSSR count). The lowest BCUT2D eigenvalue weighted by Crippen LogP contribution is -2.05. The zero-order valence-electron chi connectivity index (χ0n) is 14.2. The Bertz CT molecular complexity index is 246. The van der Waals surface area contributed by atoms with E-state index < -0.39 is 0 Å². The van der Waals surface area contributed by atoms with E-state index in [-0.39, 0.29) is 5.97 Å². The monoisotopic (exact) mass is 296 g/mol. The molecule has 2 nitrogen and oxygen atoms in total. The normalized spacial score (nSPS) is 14.3. The van der Waals surface area contributed by atoms with Crippen LogP contribution < -0.4 is 0 Å². The topological polar surface area (TPSA) is 26.3 Å². The number of unbranched alkanes of at least 4 members (excludes halogenated alkanes) is 9. The van der Waals surface area contributed by atoms with E-state index in [4.69, 9.17) is 4.74 Å². The van der Waals surface area contributed by atoms with Gasteiger partial charge in [-0.2, -0.15) is 0 Å². The molecule has 0 N–H and O–H groups in total. The molecule has 1 aliphatic carbocycles. The maximum absolute atomic E-state index is 11.5. The number of hydrogen-bond acceptors (Lipinski definition) is 2. The summed E-state index contributed by atoms with van der Waals surface area (Å²) in [6.45, 7) is 2.86. The smallest absolute Gasteiger partial charge is 0.305 e. The van der Waals surface area contributed by atoms with Gasteiger partial charge in [-0.25, -0.2) is 0 Å². The lowest BCUT2D eigenvalue weighted by atomic mass is 10.1. The second kappa shape index (κ2) is 13.2. The summed E-state index contributed by atoms with van der Waals surface area (Å²) in [5.74, 6) is 1.09.